The van der Waals surface area contributed by atoms with Crippen molar-refractivity contribution in [3.63, 3.8) is 0 Å². The number of phenols is 1. The van der Waals surface area contributed by atoms with E-state index in [1.54, 1.807) is 13.0 Å². The number of aliphatic hydroxyl groups excluding tert-OH is 1. The molecule has 0 bridgehead atoms. The van der Waals surface area contributed by atoms with Gasteiger partial charge in [0.15, 0.2) is 0 Å². The highest BCUT2D eigenvalue weighted by molar-refractivity contribution is 5.80. The van der Waals surface area contributed by atoms with Gasteiger partial charge in [-0.1, -0.05) is 24.6 Å². The number of rotatable bonds is 7. The van der Waals surface area contributed by atoms with Crippen LogP contribution in [0.2, 0.25) is 0 Å². The average Bonchev–Trinajstić information content (AvgIpc) is 2.88. The highest BCUT2D eigenvalue weighted by atomic mass is 16.3. The highest BCUT2D eigenvalue weighted by Gasteiger charge is 2.32. The van der Waals surface area contributed by atoms with Crippen LogP contribution in [0.4, 0.5) is 0 Å². The SMILES string of the molecule is C[C@@H]1NC(=O)C[C@@H]2CCN(Cc3ccccc3O)C[C@@H]2CCNC(=O)C[C@H](CCCCN(C)C)NC(=O)C[C@@H]1O. The molecule has 0 saturated carbocycles. The lowest BCUT2D eigenvalue weighted by Gasteiger charge is -2.39. The lowest BCUT2D eigenvalue weighted by molar-refractivity contribution is -0.128. The number of phenolic OH excluding ortho intramolecular Hbond substituents is 1. The number of unbranched alkanes of at least 4 members (excludes halogenated alkanes) is 1. The van der Waals surface area contributed by atoms with Crippen molar-refractivity contribution in [3.8, 4) is 5.75 Å². The zero-order valence-corrected chi connectivity index (χ0v) is 24.4. The molecule has 3 rings (SSSR count). The summed E-state index contributed by atoms with van der Waals surface area (Å²) in [5, 5.41) is 29.8. The number of aromatic hydroxyl groups is 1. The van der Waals surface area contributed by atoms with E-state index in [2.05, 4.69) is 25.8 Å². The van der Waals surface area contributed by atoms with E-state index in [1.807, 2.05) is 32.3 Å². The first-order valence-corrected chi connectivity index (χ1v) is 14.8. The van der Waals surface area contributed by atoms with Gasteiger partial charge in [0.2, 0.25) is 17.7 Å². The molecule has 0 aromatic heterocycles. The number of likely N-dealkylation sites (tertiary alicyclic amines) is 1. The molecule has 2 aliphatic rings. The number of carbonyl (C=O) groups is 3. The van der Waals surface area contributed by atoms with Crippen molar-refractivity contribution >= 4 is 17.7 Å². The molecule has 3 amide bonds. The number of hydrogen-bond acceptors (Lipinski definition) is 7. The minimum Gasteiger partial charge on any atom is -0.508 e. The fourth-order valence-corrected chi connectivity index (χ4v) is 5.82. The maximum atomic E-state index is 12.9. The number of piperidine rings is 1. The van der Waals surface area contributed by atoms with E-state index in [4.69, 9.17) is 0 Å². The Bertz CT molecular complexity index is 974. The predicted molar refractivity (Wildman–Crippen MR) is 154 cm³/mol. The molecule has 0 spiro atoms. The van der Waals surface area contributed by atoms with Crippen molar-refractivity contribution in [1.82, 2.24) is 25.8 Å². The van der Waals surface area contributed by atoms with Gasteiger partial charge in [0.1, 0.15) is 5.75 Å². The van der Waals surface area contributed by atoms with Crippen LogP contribution in [-0.4, -0.2) is 96.2 Å². The largest absolute Gasteiger partial charge is 0.508 e. The summed E-state index contributed by atoms with van der Waals surface area (Å²) in [6.45, 7) is 5.37. The van der Waals surface area contributed by atoms with E-state index in [-0.39, 0.29) is 54.2 Å². The van der Waals surface area contributed by atoms with Crippen LogP contribution in [0.25, 0.3) is 0 Å². The topological polar surface area (TPSA) is 134 Å². The highest BCUT2D eigenvalue weighted by Crippen LogP contribution is 2.31. The molecule has 0 aliphatic carbocycles. The summed E-state index contributed by atoms with van der Waals surface area (Å²) in [7, 11) is 4.04. The number of carbonyl (C=O) groups excluding carboxylic acids is 3. The van der Waals surface area contributed by atoms with Crippen LogP contribution in [0.3, 0.4) is 0 Å². The normalized spacial score (nSPS) is 27.9. The van der Waals surface area contributed by atoms with Gasteiger partial charge in [-0.3, -0.25) is 19.3 Å². The third-order valence-corrected chi connectivity index (χ3v) is 8.21. The fraction of sp³-hybridized carbons (Fsp3) is 0.700. The van der Waals surface area contributed by atoms with Crippen molar-refractivity contribution in [3.05, 3.63) is 29.8 Å². The monoisotopic (exact) mass is 559 g/mol. The molecule has 10 heteroatoms. The van der Waals surface area contributed by atoms with Crippen molar-refractivity contribution in [2.24, 2.45) is 11.8 Å². The van der Waals surface area contributed by atoms with Crippen molar-refractivity contribution in [2.75, 3.05) is 40.3 Å². The van der Waals surface area contributed by atoms with E-state index in [9.17, 15) is 24.6 Å². The van der Waals surface area contributed by atoms with Crippen molar-refractivity contribution < 1.29 is 24.6 Å². The van der Waals surface area contributed by atoms with Crippen molar-refractivity contribution in [1.29, 1.82) is 0 Å². The molecular formula is C30H49N5O5. The number of fused-ring (bicyclic) bond motifs is 1. The molecule has 1 aromatic carbocycles. The van der Waals surface area contributed by atoms with Crippen LogP contribution < -0.4 is 16.0 Å². The predicted octanol–water partition coefficient (Wildman–Crippen LogP) is 1.60. The Morgan fingerprint density at radius 2 is 1.70 bits per heavy atom. The van der Waals surface area contributed by atoms with E-state index >= 15 is 0 Å². The Morgan fingerprint density at radius 1 is 0.950 bits per heavy atom. The van der Waals surface area contributed by atoms with E-state index in [0.29, 0.717) is 25.9 Å². The maximum absolute atomic E-state index is 12.9. The van der Waals surface area contributed by atoms with Crippen LogP contribution in [-0.2, 0) is 20.9 Å². The quantitative estimate of drug-likeness (QED) is 0.321. The molecule has 2 aliphatic heterocycles. The molecule has 40 heavy (non-hydrogen) atoms. The summed E-state index contributed by atoms with van der Waals surface area (Å²) in [5.41, 5.74) is 0.877. The van der Waals surface area contributed by atoms with E-state index in [1.165, 1.54) is 0 Å². The smallest absolute Gasteiger partial charge is 0.222 e. The Labute approximate surface area is 238 Å². The number of nitrogens with one attached hydrogen (secondary N) is 3. The number of amides is 3. The van der Waals surface area contributed by atoms with Gasteiger partial charge in [0.25, 0.3) is 0 Å². The van der Waals surface area contributed by atoms with Crippen molar-refractivity contribution in [2.45, 2.75) is 83.0 Å². The first kappa shape index (κ1) is 31.8. The lowest BCUT2D eigenvalue weighted by Crippen LogP contribution is -2.48. The van der Waals surface area contributed by atoms with Gasteiger partial charge in [-0.05, 0) is 77.7 Å². The minimum atomic E-state index is -1.02. The molecule has 10 nitrogen and oxygen atoms in total. The molecule has 5 N–H and O–H groups in total. The van der Waals surface area contributed by atoms with Crippen LogP contribution in [0.15, 0.2) is 24.3 Å². The number of aliphatic hydroxyl groups is 1. The van der Waals surface area contributed by atoms with E-state index in [0.717, 1.165) is 50.9 Å². The standard InChI is InChI=1S/C30H49N5O5/c1-21-27(37)18-30(40)33-25(9-6-7-14-34(2)3)17-28(38)31-13-11-23-19-35(15-12-22(23)16-29(39)32-21)20-24-8-4-5-10-26(24)36/h4-5,8,10,21-23,25,27,36-37H,6-7,9,11-20H2,1-3H3,(H,31,38)(H,32,39)(H,33,40)/t21-,22-,23-,25-,27-/m0/s1. The summed E-state index contributed by atoms with van der Waals surface area (Å²) >= 11 is 0. The minimum absolute atomic E-state index is 0.102. The summed E-state index contributed by atoms with van der Waals surface area (Å²) in [6, 6.07) is 6.48. The van der Waals surface area contributed by atoms with Crippen LogP contribution >= 0.6 is 0 Å². The maximum Gasteiger partial charge on any atom is 0.222 e. The summed E-state index contributed by atoms with van der Waals surface area (Å²) in [5.74, 6) is 0.0667. The zero-order valence-electron chi connectivity index (χ0n) is 24.4. The molecule has 1 aromatic rings. The van der Waals surface area contributed by atoms with Gasteiger partial charge < -0.3 is 31.1 Å². The second-order valence-electron chi connectivity index (χ2n) is 11.9. The van der Waals surface area contributed by atoms with Gasteiger partial charge in [-0.15, -0.1) is 0 Å². The Balaban J connectivity index is 1.67. The van der Waals surface area contributed by atoms with Crippen LogP contribution in [0, 0.1) is 11.8 Å². The van der Waals surface area contributed by atoms with Gasteiger partial charge in [0.05, 0.1) is 18.6 Å². The summed E-state index contributed by atoms with van der Waals surface area (Å²) in [6.07, 6.45) is 3.47. The second-order valence-corrected chi connectivity index (χ2v) is 11.9. The molecule has 0 radical (unpaired) electrons. The number of para-hydroxylation sites is 1. The summed E-state index contributed by atoms with van der Waals surface area (Å²) in [4.78, 5) is 42.9. The Kier molecular flexibility index (Phi) is 12.7. The molecule has 0 unspecified atom stereocenters. The Hall–Kier alpha value is -2.69. The number of nitrogens with zero attached hydrogens (tertiary/aromatic N) is 2. The third-order valence-electron chi connectivity index (χ3n) is 8.21. The first-order chi connectivity index (χ1) is 19.1. The second kappa shape index (κ2) is 15.9. The Morgan fingerprint density at radius 3 is 2.45 bits per heavy atom. The average molecular weight is 560 g/mol. The molecule has 224 valence electrons. The van der Waals surface area contributed by atoms with Gasteiger partial charge in [0, 0.05) is 44.1 Å². The fourth-order valence-electron chi connectivity index (χ4n) is 5.82. The third kappa shape index (κ3) is 10.7. The molecule has 2 heterocycles. The summed E-state index contributed by atoms with van der Waals surface area (Å²) < 4.78 is 0. The molecule has 2 saturated heterocycles. The molecule has 5 atom stereocenters. The lowest BCUT2D eigenvalue weighted by atomic mass is 9.80. The van der Waals surface area contributed by atoms with E-state index < -0.39 is 12.1 Å². The van der Waals surface area contributed by atoms with Gasteiger partial charge in [-0.2, -0.15) is 0 Å². The number of hydrogen-bond donors (Lipinski definition) is 5. The van der Waals surface area contributed by atoms with Crippen LogP contribution in [0.5, 0.6) is 5.75 Å². The molecular weight excluding hydrogens is 510 g/mol. The first-order valence-electron chi connectivity index (χ1n) is 14.8. The number of benzene rings is 1. The van der Waals surface area contributed by atoms with Crippen LogP contribution in [0.1, 0.15) is 63.9 Å². The van der Waals surface area contributed by atoms with Gasteiger partial charge in [-0.25, -0.2) is 0 Å². The zero-order chi connectivity index (χ0) is 29.1. The van der Waals surface area contributed by atoms with Gasteiger partial charge >= 0.3 is 0 Å². The molecule has 2 fully saturated rings.